The van der Waals surface area contributed by atoms with Crippen LogP contribution in [-0.4, -0.2) is 36.2 Å². The van der Waals surface area contributed by atoms with Crippen LogP contribution in [-0.2, 0) is 4.79 Å². The topological polar surface area (TPSA) is 51.1 Å². The number of rotatable bonds is 7. The van der Waals surface area contributed by atoms with Gasteiger partial charge < -0.3 is 9.47 Å². The molecule has 0 spiro atoms. The van der Waals surface area contributed by atoms with Gasteiger partial charge in [0.2, 0.25) is 0 Å². The zero-order valence-corrected chi connectivity index (χ0v) is 17.2. The molecule has 0 atom stereocenters. The zero-order chi connectivity index (χ0) is 20.6. The largest absolute Gasteiger partial charge is 0.493 e. The smallest absolute Gasteiger partial charge is 0.266 e. The fraction of sp³-hybridized carbons (Fsp3) is 0.217. The summed E-state index contributed by atoms with van der Waals surface area (Å²) in [5.41, 5.74) is 1.66. The van der Waals surface area contributed by atoms with Gasteiger partial charge in [-0.1, -0.05) is 37.1 Å². The zero-order valence-electron chi connectivity index (χ0n) is 16.4. The van der Waals surface area contributed by atoms with E-state index in [1.54, 1.807) is 18.1 Å². The summed E-state index contributed by atoms with van der Waals surface area (Å²) in [6, 6.07) is 15.1. The third-order valence-electron chi connectivity index (χ3n) is 4.11. The van der Waals surface area contributed by atoms with E-state index in [4.69, 9.17) is 15.9 Å². The van der Waals surface area contributed by atoms with Gasteiger partial charge in [0.05, 0.1) is 17.7 Å². The van der Waals surface area contributed by atoms with Crippen molar-refractivity contribution in [1.82, 2.24) is 4.90 Å². The number of terminal acetylenes is 1. The fourth-order valence-corrected chi connectivity index (χ4v) is 3.81. The highest BCUT2D eigenvalue weighted by Crippen LogP contribution is 2.35. The summed E-state index contributed by atoms with van der Waals surface area (Å²) in [5, 5.41) is 0.690. The molecule has 0 aromatic heterocycles. The van der Waals surface area contributed by atoms with Crippen molar-refractivity contribution in [3.05, 3.63) is 59.0 Å². The van der Waals surface area contributed by atoms with Gasteiger partial charge in [0, 0.05) is 6.54 Å². The van der Waals surface area contributed by atoms with Crippen LogP contribution in [0.25, 0.3) is 6.08 Å². The number of nitrogens with zero attached hydrogens (tertiary/aromatic N) is 2. The average Bonchev–Trinajstić information content (AvgIpc) is 3.02. The van der Waals surface area contributed by atoms with Crippen LogP contribution < -0.4 is 9.47 Å². The van der Waals surface area contributed by atoms with Crippen LogP contribution in [0.4, 0.5) is 5.69 Å². The molecule has 0 unspecified atom stereocenters. The lowest BCUT2D eigenvalue weighted by Gasteiger charge is -2.13. The van der Waals surface area contributed by atoms with Crippen molar-refractivity contribution in [2.75, 3.05) is 20.3 Å². The van der Waals surface area contributed by atoms with Gasteiger partial charge in [-0.15, -0.1) is 6.42 Å². The predicted octanol–water partition coefficient (Wildman–Crippen LogP) is 4.72. The van der Waals surface area contributed by atoms with Gasteiger partial charge in [0.25, 0.3) is 5.91 Å². The van der Waals surface area contributed by atoms with Crippen LogP contribution in [0.3, 0.4) is 0 Å². The van der Waals surface area contributed by atoms with Crippen LogP contribution >= 0.6 is 11.8 Å². The lowest BCUT2D eigenvalue weighted by atomic mass is 10.2. The molecule has 2 aromatic rings. The molecule has 6 heteroatoms. The van der Waals surface area contributed by atoms with Crippen molar-refractivity contribution in [1.29, 1.82) is 0 Å². The number of para-hydroxylation sites is 1. The third-order valence-corrected chi connectivity index (χ3v) is 5.12. The van der Waals surface area contributed by atoms with Gasteiger partial charge >= 0.3 is 0 Å². The summed E-state index contributed by atoms with van der Waals surface area (Å²) in [4.78, 5) is 19.9. The van der Waals surface area contributed by atoms with E-state index in [-0.39, 0.29) is 12.5 Å². The van der Waals surface area contributed by atoms with Crippen LogP contribution in [0.2, 0.25) is 0 Å². The molecule has 1 fully saturated rings. The first kappa shape index (κ1) is 20.6. The summed E-state index contributed by atoms with van der Waals surface area (Å²) in [5.74, 6) is 3.52. The summed E-state index contributed by atoms with van der Waals surface area (Å²) in [7, 11) is 1.57. The lowest BCUT2D eigenvalue weighted by molar-refractivity contribution is -0.122. The van der Waals surface area contributed by atoms with Crippen molar-refractivity contribution in [3.63, 3.8) is 0 Å². The molecule has 1 amide bonds. The summed E-state index contributed by atoms with van der Waals surface area (Å²) in [6.45, 7) is 2.83. The third kappa shape index (κ3) is 5.01. The van der Waals surface area contributed by atoms with E-state index >= 15 is 0 Å². The highest BCUT2D eigenvalue weighted by molar-refractivity contribution is 8.18. The summed E-state index contributed by atoms with van der Waals surface area (Å²) < 4.78 is 10.9. The Morgan fingerprint density at radius 1 is 1.21 bits per heavy atom. The molecule has 0 N–H and O–H groups in total. The Kier molecular flexibility index (Phi) is 6.99. The van der Waals surface area contributed by atoms with Crippen molar-refractivity contribution >= 4 is 34.6 Å². The first-order chi connectivity index (χ1) is 14.2. The Morgan fingerprint density at radius 2 is 2.00 bits per heavy atom. The predicted molar refractivity (Wildman–Crippen MR) is 118 cm³/mol. The molecular formula is C23H22N2O3S. The highest BCUT2D eigenvalue weighted by atomic mass is 32.2. The molecule has 3 rings (SSSR count). The Bertz CT molecular complexity index is 977. The van der Waals surface area contributed by atoms with Gasteiger partial charge in [0.15, 0.2) is 16.7 Å². The van der Waals surface area contributed by atoms with Crippen LogP contribution in [0.15, 0.2) is 58.4 Å². The van der Waals surface area contributed by atoms with Crippen LogP contribution in [0.5, 0.6) is 11.5 Å². The van der Waals surface area contributed by atoms with Crippen LogP contribution in [0.1, 0.15) is 18.9 Å². The SMILES string of the molecule is C#CCOc1ccc(/C=C2/SC(=Nc3ccccc3)N(CCC)C2=O)cc1OC. The minimum atomic E-state index is -0.0434. The monoisotopic (exact) mass is 406 g/mol. The van der Waals surface area contributed by atoms with Gasteiger partial charge in [-0.3, -0.25) is 9.69 Å². The molecule has 29 heavy (non-hydrogen) atoms. The Balaban J connectivity index is 1.90. The van der Waals surface area contributed by atoms with Gasteiger partial charge in [0.1, 0.15) is 6.61 Å². The first-order valence-corrected chi connectivity index (χ1v) is 10.1. The molecule has 148 valence electrons. The van der Waals surface area contributed by atoms with Gasteiger partial charge in [-0.05, 0) is 54.1 Å². The average molecular weight is 407 g/mol. The van der Waals surface area contributed by atoms with Crippen molar-refractivity contribution in [3.8, 4) is 23.8 Å². The molecule has 0 radical (unpaired) electrons. The summed E-state index contributed by atoms with van der Waals surface area (Å²) in [6.07, 6.45) is 7.94. The summed E-state index contributed by atoms with van der Waals surface area (Å²) >= 11 is 1.38. The number of carbonyl (C=O) groups is 1. The lowest BCUT2D eigenvalue weighted by Crippen LogP contribution is -2.29. The second-order valence-corrected chi connectivity index (χ2v) is 7.21. The molecule has 5 nitrogen and oxygen atoms in total. The molecule has 1 aliphatic rings. The van der Waals surface area contributed by atoms with E-state index in [0.29, 0.717) is 28.1 Å². The quantitative estimate of drug-likeness (QED) is 0.493. The Labute approximate surface area is 175 Å². The van der Waals surface area contributed by atoms with E-state index < -0.39 is 0 Å². The number of methoxy groups -OCH3 is 1. The number of ether oxygens (including phenoxy) is 2. The number of hydrogen-bond donors (Lipinski definition) is 0. The number of thioether (sulfide) groups is 1. The number of carbonyl (C=O) groups excluding carboxylic acids is 1. The number of amidine groups is 1. The van der Waals surface area contributed by atoms with Gasteiger partial charge in [-0.2, -0.15) is 0 Å². The molecule has 2 aromatic carbocycles. The van der Waals surface area contributed by atoms with Gasteiger partial charge in [-0.25, -0.2) is 4.99 Å². The maximum atomic E-state index is 12.9. The fourth-order valence-electron chi connectivity index (χ4n) is 2.79. The second-order valence-electron chi connectivity index (χ2n) is 6.20. The number of amides is 1. The van der Waals surface area contributed by atoms with E-state index in [1.165, 1.54) is 11.8 Å². The van der Waals surface area contributed by atoms with Crippen molar-refractivity contribution < 1.29 is 14.3 Å². The molecule has 0 bridgehead atoms. The highest BCUT2D eigenvalue weighted by Gasteiger charge is 2.32. The molecule has 1 saturated heterocycles. The number of benzene rings is 2. The minimum absolute atomic E-state index is 0.0434. The van der Waals surface area contributed by atoms with E-state index in [0.717, 1.165) is 17.7 Å². The van der Waals surface area contributed by atoms with Crippen molar-refractivity contribution in [2.45, 2.75) is 13.3 Å². The molecular weight excluding hydrogens is 384 g/mol. The molecule has 0 aliphatic carbocycles. The van der Waals surface area contributed by atoms with Crippen molar-refractivity contribution in [2.24, 2.45) is 4.99 Å². The van der Waals surface area contributed by atoms with Crippen LogP contribution in [0, 0.1) is 12.3 Å². The standard InChI is InChI=1S/C23H22N2O3S/c1-4-13-25-22(26)21(29-23(25)24-18-9-7-6-8-10-18)16-17-11-12-19(28-14-5-2)20(15-17)27-3/h2,6-12,15-16H,4,13-14H2,1,3H3/b21-16+,24-23?. The molecule has 1 aliphatic heterocycles. The number of aliphatic imine (C=N–C) groups is 1. The molecule has 1 heterocycles. The maximum Gasteiger partial charge on any atom is 0.266 e. The van der Waals surface area contributed by atoms with E-state index in [2.05, 4.69) is 10.9 Å². The Hall–Kier alpha value is -3.17. The van der Waals surface area contributed by atoms with E-state index in [1.807, 2.05) is 55.5 Å². The second kappa shape index (κ2) is 9.85. The Morgan fingerprint density at radius 3 is 2.69 bits per heavy atom. The normalized spacial score (nSPS) is 16.3. The maximum absolute atomic E-state index is 12.9. The molecule has 0 saturated carbocycles. The first-order valence-electron chi connectivity index (χ1n) is 9.25. The number of hydrogen-bond acceptors (Lipinski definition) is 5. The minimum Gasteiger partial charge on any atom is -0.493 e. The van der Waals surface area contributed by atoms with E-state index in [9.17, 15) is 4.79 Å².